The molecule has 242 valence electrons. The number of carbonyl (C=O) groups excluding carboxylic acids is 2. The van der Waals surface area contributed by atoms with Gasteiger partial charge in [0, 0.05) is 37.3 Å². The van der Waals surface area contributed by atoms with Gasteiger partial charge in [-0.25, -0.2) is 12.7 Å². The van der Waals surface area contributed by atoms with Crippen LogP contribution in [0.5, 0.6) is 0 Å². The first-order chi connectivity index (χ1) is 21.5. The molecule has 0 aliphatic carbocycles. The molecule has 1 aliphatic heterocycles. The highest BCUT2D eigenvalue weighted by Gasteiger charge is 2.26. The van der Waals surface area contributed by atoms with Crippen LogP contribution in [0.25, 0.3) is 0 Å². The molecule has 11 heteroatoms. The van der Waals surface area contributed by atoms with Crippen LogP contribution in [0.4, 0.5) is 4.79 Å². The molecular formula is C34H42ClN4O5S-. The molecule has 0 unspecified atom stereocenters. The van der Waals surface area contributed by atoms with E-state index in [0.29, 0.717) is 35.2 Å². The Morgan fingerprint density at radius 2 is 1.73 bits per heavy atom. The number of amides is 2. The zero-order chi connectivity index (χ0) is 32.4. The third kappa shape index (κ3) is 10.0. The molecule has 45 heavy (non-hydrogen) atoms. The van der Waals surface area contributed by atoms with Gasteiger partial charge in [-0.15, -0.1) is 0 Å². The molecule has 1 saturated heterocycles. The molecule has 0 saturated carbocycles. The van der Waals surface area contributed by atoms with Crippen molar-refractivity contribution in [2.24, 2.45) is 11.7 Å². The number of carboxylic acid groups (broad SMARTS) is 1. The fraction of sp³-hybridized carbons (Fsp3) is 0.412. The molecule has 3 aromatic rings. The van der Waals surface area contributed by atoms with E-state index in [-0.39, 0.29) is 17.4 Å². The second kappa shape index (κ2) is 16.2. The average Bonchev–Trinajstić information content (AvgIpc) is 3.03. The van der Waals surface area contributed by atoms with Crippen molar-refractivity contribution in [1.29, 1.82) is 0 Å². The van der Waals surface area contributed by atoms with E-state index in [1.807, 2.05) is 24.3 Å². The van der Waals surface area contributed by atoms with E-state index in [1.165, 1.54) is 9.21 Å². The summed E-state index contributed by atoms with van der Waals surface area (Å²) in [6.45, 7) is 3.58. The van der Waals surface area contributed by atoms with E-state index in [4.69, 9.17) is 17.3 Å². The maximum absolute atomic E-state index is 13.2. The minimum absolute atomic E-state index is 0.0239. The quantitative estimate of drug-likeness (QED) is 0.256. The molecule has 3 aromatic carbocycles. The Morgan fingerprint density at radius 1 is 1.02 bits per heavy atom. The van der Waals surface area contributed by atoms with Crippen molar-refractivity contribution in [3.05, 3.63) is 101 Å². The first kappa shape index (κ1) is 34.4. The predicted octanol–water partition coefficient (Wildman–Crippen LogP) is 4.57. The summed E-state index contributed by atoms with van der Waals surface area (Å²) in [6, 6.07) is 22.8. The van der Waals surface area contributed by atoms with Crippen molar-refractivity contribution in [1.82, 2.24) is 14.1 Å². The molecule has 1 atom stereocenters. The number of carbonyl (C=O) groups is 2. The van der Waals surface area contributed by atoms with Crippen LogP contribution in [0.2, 0.25) is 5.02 Å². The Balaban J connectivity index is 1.27. The highest BCUT2D eigenvalue weighted by molar-refractivity contribution is 7.89. The van der Waals surface area contributed by atoms with Gasteiger partial charge in [0.15, 0.2) is 0 Å². The van der Waals surface area contributed by atoms with E-state index in [9.17, 15) is 23.1 Å². The van der Waals surface area contributed by atoms with Gasteiger partial charge in [0.1, 0.15) is 6.09 Å². The minimum atomic E-state index is -3.62. The molecule has 2 N–H and O–H groups in total. The lowest BCUT2D eigenvalue weighted by molar-refractivity contribution is -0.266. The topological polar surface area (TPSA) is 127 Å². The van der Waals surface area contributed by atoms with E-state index >= 15 is 0 Å². The second-order valence-electron chi connectivity index (χ2n) is 11.8. The van der Waals surface area contributed by atoms with Gasteiger partial charge in [-0.05, 0) is 111 Å². The zero-order valence-corrected chi connectivity index (χ0v) is 27.3. The van der Waals surface area contributed by atoms with Gasteiger partial charge >= 0.3 is 0 Å². The van der Waals surface area contributed by atoms with Gasteiger partial charge in [0.05, 0.1) is 4.90 Å². The van der Waals surface area contributed by atoms with Crippen molar-refractivity contribution in [2.45, 2.75) is 49.5 Å². The number of halogens is 1. The molecule has 0 radical (unpaired) electrons. The average molecular weight is 654 g/mol. The number of primary amides is 1. The largest absolute Gasteiger partial charge is 0.530 e. The van der Waals surface area contributed by atoms with Gasteiger partial charge in [0.25, 0.3) is 0 Å². The smallest absolute Gasteiger partial charge is 0.248 e. The number of nitrogens with zero attached hydrogens (tertiary/aromatic N) is 3. The fourth-order valence-electron chi connectivity index (χ4n) is 5.99. The summed E-state index contributed by atoms with van der Waals surface area (Å²) in [7, 11) is -1.99. The number of likely N-dealkylation sites (N-methyl/N-ethyl adjacent to an activating group) is 1. The van der Waals surface area contributed by atoms with Gasteiger partial charge in [-0.1, -0.05) is 54.1 Å². The van der Waals surface area contributed by atoms with Crippen molar-refractivity contribution < 1.29 is 23.1 Å². The first-order valence-electron chi connectivity index (χ1n) is 15.4. The van der Waals surface area contributed by atoms with E-state index in [2.05, 4.69) is 4.90 Å². The molecule has 0 bridgehead atoms. The summed E-state index contributed by atoms with van der Waals surface area (Å²) < 4.78 is 27.9. The third-order valence-electron chi connectivity index (χ3n) is 8.63. The normalized spacial score (nSPS) is 15.2. The van der Waals surface area contributed by atoms with Crippen LogP contribution in [0.1, 0.15) is 59.5 Å². The first-order valence-corrected chi connectivity index (χ1v) is 17.2. The molecular weight excluding hydrogens is 612 g/mol. The SMILES string of the molecule is CN(C[C@@H](CCN1CCC(CCCN(Cc2cccc(C(N)=O)c2)C(=O)[O-])CC1)c1cccc(Cl)c1)S(=O)(=O)c1ccccc1. The number of rotatable bonds is 15. The Labute approximate surface area is 271 Å². The van der Waals surface area contributed by atoms with E-state index in [0.717, 1.165) is 57.3 Å². The van der Waals surface area contributed by atoms with Gasteiger partial charge in [-0.3, -0.25) is 4.79 Å². The van der Waals surface area contributed by atoms with Crippen LogP contribution in [-0.4, -0.2) is 74.3 Å². The van der Waals surface area contributed by atoms with Crippen molar-refractivity contribution in [3.8, 4) is 0 Å². The van der Waals surface area contributed by atoms with Crippen LogP contribution >= 0.6 is 11.6 Å². The number of benzene rings is 3. The second-order valence-corrected chi connectivity index (χ2v) is 14.3. The summed E-state index contributed by atoms with van der Waals surface area (Å²) in [5.74, 6) is -0.0652. The van der Waals surface area contributed by atoms with Crippen molar-refractivity contribution >= 4 is 33.6 Å². The minimum Gasteiger partial charge on any atom is -0.530 e. The Morgan fingerprint density at radius 3 is 2.40 bits per heavy atom. The maximum Gasteiger partial charge on any atom is 0.248 e. The number of likely N-dealkylation sites (tertiary alicyclic amines) is 1. The number of hydrogen-bond donors (Lipinski definition) is 1. The lowest BCUT2D eigenvalue weighted by Gasteiger charge is -2.34. The van der Waals surface area contributed by atoms with Crippen LogP contribution in [0, 0.1) is 5.92 Å². The highest BCUT2D eigenvalue weighted by atomic mass is 35.5. The summed E-state index contributed by atoms with van der Waals surface area (Å²) in [5, 5.41) is 12.4. The van der Waals surface area contributed by atoms with E-state index in [1.54, 1.807) is 61.6 Å². The molecule has 4 rings (SSSR count). The summed E-state index contributed by atoms with van der Waals surface area (Å²) >= 11 is 6.31. The van der Waals surface area contributed by atoms with Crippen LogP contribution in [0.15, 0.2) is 83.8 Å². The Kier molecular flexibility index (Phi) is 12.4. The molecule has 1 heterocycles. The lowest BCUT2D eigenvalue weighted by Crippen LogP contribution is -2.41. The monoisotopic (exact) mass is 653 g/mol. The summed E-state index contributed by atoms with van der Waals surface area (Å²) in [5.41, 5.74) is 7.42. The number of piperidine rings is 1. The molecule has 2 amide bonds. The van der Waals surface area contributed by atoms with Gasteiger partial charge in [-0.2, -0.15) is 0 Å². The van der Waals surface area contributed by atoms with Crippen molar-refractivity contribution in [3.63, 3.8) is 0 Å². The molecule has 1 fully saturated rings. The highest BCUT2D eigenvalue weighted by Crippen LogP contribution is 2.28. The Hall–Kier alpha value is -3.44. The number of nitrogens with two attached hydrogens (primary N) is 1. The standard InChI is InChI=1S/C34H43ClN4O5S/c1-37(45(43,44)32-13-3-2-4-14-32)25-30(28-10-6-12-31(35)23-28)17-21-38-19-15-26(16-20-38)9-7-18-39(34(41)42)24-27-8-5-11-29(22-27)33(36)40/h2-6,8,10-14,22-23,26,30H,7,9,15-21,24-25H2,1H3,(H2,36,40)(H,41,42)/p-1/t30-/m1/s1. The fourth-order valence-corrected chi connectivity index (χ4v) is 7.43. The summed E-state index contributed by atoms with van der Waals surface area (Å²) in [6.07, 6.45) is 3.26. The molecule has 1 aliphatic rings. The zero-order valence-electron chi connectivity index (χ0n) is 25.7. The molecule has 0 spiro atoms. The van der Waals surface area contributed by atoms with E-state index < -0.39 is 22.0 Å². The van der Waals surface area contributed by atoms with Crippen LogP contribution in [-0.2, 0) is 16.6 Å². The van der Waals surface area contributed by atoms with Crippen molar-refractivity contribution in [2.75, 3.05) is 39.8 Å². The number of sulfonamides is 1. The maximum atomic E-state index is 13.2. The van der Waals surface area contributed by atoms with Gasteiger partial charge in [0.2, 0.25) is 15.9 Å². The molecule has 0 aromatic heterocycles. The Bertz CT molecular complexity index is 1530. The van der Waals surface area contributed by atoms with Crippen LogP contribution < -0.4 is 10.8 Å². The predicted molar refractivity (Wildman–Crippen MR) is 174 cm³/mol. The third-order valence-corrected chi connectivity index (χ3v) is 10.7. The lowest BCUT2D eigenvalue weighted by atomic mass is 9.91. The molecule has 9 nitrogen and oxygen atoms in total. The number of hydrogen-bond acceptors (Lipinski definition) is 6. The van der Waals surface area contributed by atoms with Gasteiger partial charge < -0.3 is 25.4 Å². The summed E-state index contributed by atoms with van der Waals surface area (Å²) in [4.78, 5) is 27.2. The van der Waals surface area contributed by atoms with Crippen LogP contribution in [0.3, 0.4) is 0 Å².